The van der Waals surface area contributed by atoms with E-state index in [1.165, 1.54) is 10.9 Å². The number of nitrogens with one attached hydrogen (secondary N) is 1. The quantitative estimate of drug-likeness (QED) is 0.197. The zero-order chi connectivity index (χ0) is 43.3. The van der Waals surface area contributed by atoms with Gasteiger partial charge in [-0.2, -0.15) is 13.2 Å². The van der Waals surface area contributed by atoms with Crippen LogP contribution in [0.3, 0.4) is 0 Å². The molecule has 1 N–H and O–H groups in total. The summed E-state index contributed by atoms with van der Waals surface area (Å²) >= 11 is 0. The van der Waals surface area contributed by atoms with E-state index in [0.717, 1.165) is 50.1 Å². The Labute approximate surface area is 342 Å². The number of fused-ring (bicyclic) bond motifs is 8. The molecule has 8 bridgehead atoms. The SMILES string of the molecule is COc1c2cc(C(C)(C)C)cc1Cc1cc(C(C)(C)C)cc(c1OC(=O)NC(=O)C(F)(F)F)Cc1cc(C(C)(C)C)cc(c1OC)Cc1cc(cc(C(C)(C)C)c1)C2. The monoisotopic (exact) mass is 799 g/mol. The highest BCUT2D eigenvalue weighted by Crippen LogP contribution is 2.42. The van der Waals surface area contributed by atoms with Gasteiger partial charge >= 0.3 is 18.2 Å². The third kappa shape index (κ3) is 10.1. The second-order valence-corrected chi connectivity index (χ2v) is 19.9. The first-order chi connectivity index (χ1) is 26.6. The first kappa shape index (κ1) is 44.3. The van der Waals surface area contributed by atoms with Crippen LogP contribution in [0.2, 0.25) is 0 Å². The third-order valence-electron chi connectivity index (χ3n) is 10.9. The van der Waals surface area contributed by atoms with Crippen molar-refractivity contribution < 1.29 is 37.0 Å². The molecule has 1 aliphatic carbocycles. The molecule has 4 aromatic rings. The molecule has 2 amide bonds. The van der Waals surface area contributed by atoms with E-state index in [-0.39, 0.29) is 40.3 Å². The average molecular weight is 800 g/mol. The fourth-order valence-electron chi connectivity index (χ4n) is 7.54. The minimum absolute atomic E-state index is 0.0714. The number of carbonyl (C=O) groups is 2. The molecule has 0 fully saturated rings. The zero-order valence-corrected chi connectivity index (χ0v) is 36.7. The van der Waals surface area contributed by atoms with Crippen molar-refractivity contribution >= 4 is 12.0 Å². The molecule has 0 atom stereocenters. The van der Waals surface area contributed by atoms with Crippen LogP contribution in [0.25, 0.3) is 0 Å². The van der Waals surface area contributed by atoms with Crippen molar-refractivity contribution in [2.75, 3.05) is 14.2 Å². The molecule has 0 heterocycles. The highest BCUT2D eigenvalue weighted by atomic mass is 19.4. The van der Waals surface area contributed by atoms with Crippen LogP contribution in [0.4, 0.5) is 18.0 Å². The Hall–Kier alpha value is -4.79. The minimum Gasteiger partial charge on any atom is -0.496 e. The Kier molecular flexibility index (Phi) is 12.0. The number of methoxy groups -OCH3 is 2. The van der Waals surface area contributed by atoms with Crippen LogP contribution >= 0.6 is 0 Å². The Morgan fingerprint density at radius 1 is 0.466 bits per heavy atom. The summed E-state index contributed by atoms with van der Waals surface area (Å²) in [6.07, 6.45) is -5.25. The third-order valence-corrected chi connectivity index (χ3v) is 10.9. The second kappa shape index (κ2) is 15.8. The van der Waals surface area contributed by atoms with Crippen molar-refractivity contribution in [2.24, 2.45) is 0 Å². The Morgan fingerprint density at radius 2 is 0.759 bits per heavy atom. The summed E-state index contributed by atoms with van der Waals surface area (Å²) in [6, 6.07) is 19.3. The fourth-order valence-corrected chi connectivity index (χ4v) is 7.54. The van der Waals surface area contributed by atoms with Crippen LogP contribution < -0.4 is 19.5 Å². The van der Waals surface area contributed by atoms with E-state index in [9.17, 15) is 22.8 Å². The molecule has 4 aromatic carbocycles. The van der Waals surface area contributed by atoms with Gasteiger partial charge in [0.1, 0.15) is 17.2 Å². The predicted molar refractivity (Wildman–Crippen MR) is 225 cm³/mol. The molecule has 1 aliphatic rings. The molecule has 0 aliphatic heterocycles. The van der Waals surface area contributed by atoms with Gasteiger partial charge in [-0.25, -0.2) is 4.79 Å². The van der Waals surface area contributed by atoms with Crippen molar-refractivity contribution in [2.45, 2.75) is 137 Å². The van der Waals surface area contributed by atoms with Crippen LogP contribution in [0, 0.1) is 0 Å². The summed E-state index contributed by atoms with van der Waals surface area (Å²) in [6.45, 7) is 25.8. The number of imide groups is 1. The van der Waals surface area contributed by atoms with E-state index in [1.54, 1.807) is 14.2 Å². The maximum absolute atomic E-state index is 13.4. The first-order valence-electron chi connectivity index (χ1n) is 19.9. The van der Waals surface area contributed by atoms with Gasteiger partial charge in [-0.1, -0.05) is 138 Å². The first-order valence-corrected chi connectivity index (χ1v) is 19.9. The highest BCUT2D eigenvalue weighted by molar-refractivity contribution is 5.95. The topological polar surface area (TPSA) is 73.9 Å². The lowest BCUT2D eigenvalue weighted by atomic mass is 9.79. The molecule has 5 rings (SSSR count). The summed E-state index contributed by atoms with van der Waals surface area (Å²) in [5, 5.41) is 1.39. The molecule has 9 heteroatoms. The summed E-state index contributed by atoms with van der Waals surface area (Å²) in [5.41, 5.74) is 10.3. The lowest BCUT2D eigenvalue weighted by Crippen LogP contribution is -2.42. The zero-order valence-electron chi connectivity index (χ0n) is 36.7. The van der Waals surface area contributed by atoms with Gasteiger partial charge in [-0.15, -0.1) is 0 Å². The molecule has 6 nitrogen and oxygen atoms in total. The number of hydrogen-bond acceptors (Lipinski definition) is 5. The van der Waals surface area contributed by atoms with Crippen molar-refractivity contribution in [1.29, 1.82) is 0 Å². The number of halogens is 3. The van der Waals surface area contributed by atoms with E-state index in [2.05, 4.69) is 126 Å². The smallest absolute Gasteiger partial charge is 0.471 e. The summed E-state index contributed by atoms with van der Waals surface area (Å²) < 4.78 is 58.5. The van der Waals surface area contributed by atoms with Crippen molar-refractivity contribution in [3.05, 3.63) is 121 Å². The van der Waals surface area contributed by atoms with Crippen LogP contribution in [0.5, 0.6) is 17.2 Å². The number of carbonyl (C=O) groups excluding carboxylic acids is 2. The Morgan fingerprint density at radius 3 is 1.05 bits per heavy atom. The fraction of sp³-hybridized carbons (Fsp3) is 0.469. The Balaban J connectivity index is 1.93. The molecule has 0 radical (unpaired) electrons. The maximum atomic E-state index is 13.4. The van der Waals surface area contributed by atoms with Gasteiger partial charge in [-0.05, 0) is 77.3 Å². The lowest BCUT2D eigenvalue weighted by molar-refractivity contribution is -0.172. The molecule has 0 aromatic heterocycles. The molecular formula is C49H60F3NO5. The van der Waals surface area contributed by atoms with E-state index in [1.807, 2.05) is 12.1 Å². The van der Waals surface area contributed by atoms with Crippen molar-refractivity contribution in [3.8, 4) is 17.2 Å². The van der Waals surface area contributed by atoms with Gasteiger partial charge in [0, 0.05) is 36.8 Å². The number of ether oxygens (including phenoxy) is 3. The number of amides is 2. The highest BCUT2D eigenvalue weighted by Gasteiger charge is 2.40. The normalized spacial score (nSPS) is 13.8. The van der Waals surface area contributed by atoms with Crippen LogP contribution in [-0.2, 0) is 52.1 Å². The minimum atomic E-state index is -5.29. The average Bonchev–Trinajstić information content (AvgIpc) is 3.06. The molecule has 0 unspecified atom stereocenters. The molecule has 0 saturated carbocycles. The number of hydrogen-bond donors (Lipinski definition) is 1. The van der Waals surface area contributed by atoms with Crippen molar-refractivity contribution in [1.82, 2.24) is 5.32 Å². The van der Waals surface area contributed by atoms with Crippen LogP contribution in [0.1, 0.15) is 150 Å². The van der Waals surface area contributed by atoms with Gasteiger partial charge < -0.3 is 14.2 Å². The molecule has 0 spiro atoms. The van der Waals surface area contributed by atoms with E-state index in [0.29, 0.717) is 35.5 Å². The van der Waals surface area contributed by atoms with Gasteiger partial charge in [0.15, 0.2) is 0 Å². The van der Waals surface area contributed by atoms with E-state index >= 15 is 0 Å². The second-order valence-electron chi connectivity index (χ2n) is 19.9. The van der Waals surface area contributed by atoms with Crippen molar-refractivity contribution in [3.63, 3.8) is 0 Å². The lowest BCUT2D eigenvalue weighted by Gasteiger charge is -2.28. The summed E-state index contributed by atoms with van der Waals surface area (Å²) in [5.74, 6) is -0.987. The van der Waals surface area contributed by atoms with Crippen LogP contribution in [0.15, 0.2) is 54.6 Å². The molecule has 0 saturated heterocycles. The predicted octanol–water partition coefficient (Wildman–Crippen LogP) is 11.7. The largest absolute Gasteiger partial charge is 0.496 e. The number of rotatable bonds is 3. The maximum Gasteiger partial charge on any atom is 0.471 e. The van der Waals surface area contributed by atoms with E-state index < -0.39 is 18.2 Å². The van der Waals surface area contributed by atoms with Gasteiger partial charge in [0.2, 0.25) is 0 Å². The van der Waals surface area contributed by atoms with Crippen LogP contribution in [-0.4, -0.2) is 32.4 Å². The van der Waals surface area contributed by atoms with Gasteiger partial charge in [-0.3, -0.25) is 10.1 Å². The summed E-state index contributed by atoms with van der Waals surface area (Å²) in [7, 11) is 3.29. The number of benzene rings is 4. The summed E-state index contributed by atoms with van der Waals surface area (Å²) in [4.78, 5) is 25.3. The van der Waals surface area contributed by atoms with Gasteiger partial charge in [0.25, 0.3) is 0 Å². The Bertz CT molecular complexity index is 2110. The van der Waals surface area contributed by atoms with Gasteiger partial charge in [0.05, 0.1) is 14.2 Å². The number of alkyl halides is 3. The molecule has 58 heavy (non-hydrogen) atoms. The van der Waals surface area contributed by atoms with E-state index in [4.69, 9.17) is 14.2 Å². The molecule has 312 valence electrons. The molecular weight excluding hydrogens is 740 g/mol. The standard InChI is InChI=1S/C49H60F3NO5/c1-45(2,3)36-18-28-15-29(19-36)17-31-23-38(47(7,8)9)25-33(41(31)57-14)21-35-27-39(48(10,11)12)26-34(42(35)58-44(55)53-43(54)49(50,51)52)20-32-24-37(46(4,5)6)22-30(16-28)40(32)56-13/h15,18-19,22-27H,16-17,20-21H2,1-14H3,(H,53,54,55).